The summed E-state index contributed by atoms with van der Waals surface area (Å²) in [6.07, 6.45) is 6.48. The van der Waals surface area contributed by atoms with E-state index in [4.69, 9.17) is 4.74 Å². The molecule has 0 N–H and O–H groups in total. The van der Waals surface area contributed by atoms with Crippen molar-refractivity contribution in [3.63, 3.8) is 0 Å². The van der Waals surface area contributed by atoms with Crippen molar-refractivity contribution in [2.24, 2.45) is 46.3 Å². The summed E-state index contributed by atoms with van der Waals surface area (Å²) in [7, 11) is 0. The Hall–Kier alpha value is -2.15. The third-order valence-electron chi connectivity index (χ3n) is 10.1. The number of nitriles is 1. The first-order valence-electron chi connectivity index (χ1n) is 12.5. The molecule has 4 fully saturated rings. The summed E-state index contributed by atoms with van der Waals surface area (Å²) >= 11 is 0. The van der Waals surface area contributed by atoms with Crippen molar-refractivity contribution in [2.75, 3.05) is 0 Å². The van der Waals surface area contributed by atoms with Gasteiger partial charge in [0.25, 0.3) is 0 Å². The number of benzene rings is 1. The van der Waals surface area contributed by atoms with E-state index in [0.717, 1.165) is 38.5 Å². The minimum Gasteiger partial charge on any atom is -0.458 e. The van der Waals surface area contributed by atoms with E-state index < -0.39 is 0 Å². The van der Waals surface area contributed by atoms with Crippen molar-refractivity contribution in [1.82, 2.24) is 0 Å². The Balaban J connectivity index is 1.36. The molecule has 0 heterocycles. The molecule has 0 bridgehead atoms. The highest BCUT2D eigenvalue weighted by Crippen LogP contribution is 2.66. The molecule has 4 saturated carbocycles. The van der Waals surface area contributed by atoms with Gasteiger partial charge < -0.3 is 4.74 Å². The van der Waals surface area contributed by atoms with Crippen molar-refractivity contribution >= 4 is 11.8 Å². The SMILES string of the molecule is CC1CC2(C)C(CCC3C4CCC(C#N)C4(C)CC(=O)C32)CC1OC(=O)c1ccccc1. The maximum atomic E-state index is 13.7. The second kappa shape index (κ2) is 7.72. The molecule has 4 aliphatic carbocycles. The monoisotopic (exact) mass is 433 g/mol. The topological polar surface area (TPSA) is 67.2 Å². The number of esters is 1. The lowest BCUT2D eigenvalue weighted by molar-refractivity contribution is -0.165. The third-order valence-corrected chi connectivity index (χ3v) is 10.1. The van der Waals surface area contributed by atoms with Gasteiger partial charge in [-0.15, -0.1) is 0 Å². The Morgan fingerprint density at radius 2 is 1.84 bits per heavy atom. The number of carbonyl (C=O) groups excluding carboxylic acids is 2. The van der Waals surface area contributed by atoms with Crippen LogP contribution in [-0.2, 0) is 9.53 Å². The molecular weight excluding hydrogens is 398 g/mol. The van der Waals surface area contributed by atoms with Gasteiger partial charge in [-0.3, -0.25) is 4.79 Å². The molecule has 4 heteroatoms. The molecule has 1 aromatic rings. The zero-order valence-corrected chi connectivity index (χ0v) is 19.5. The van der Waals surface area contributed by atoms with Crippen LogP contribution in [0.5, 0.6) is 0 Å². The minimum absolute atomic E-state index is 0.0231. The van der Waals surface area contributed by atoms with E-state index >= 15 is 0 Å². The van der Waals surface area contributed by atoms with E-state index in [-0.39, 0.29) is 40.7 Å². The summed E-state index contributed by atoms with van der Waals surface area (Å²) < 4.78 is 6.00. The minimum atomic E-state index is -0.238. The van der Waals surface area contributed by atoms with Gasteiger partial charge in [-0.2, -0.15) is 5.26 Å². The number of hydrogen-bond donors (Lipinski definition) is 0. The number of hydrogen-bond acceptors (Lipinski definition) is 4. The Morgan fingerprint density at radius 3 is 2.56 bits per heavy atom. The van der Waals surface area contributed by atoms with Crippen LogP contribution in [-0.4, -0.2) is 17.9 Å². The summed E-state index contributed by atoms with van der Waals surface area (Å²) in [5.74, 6) is 1.84. The molecule has 0 radical (unpaired) electrons. The lowest BCUT2D eigenvalue weighted by atomic mass is 9.43. The number of carbonyl (C=O) groups is 2. The molecule has 0 amide bonds. The Labute approximate surface area is 191 Å². The Morgan fingerprint density at radius 1 is 1.09 bits per heavy atom. The van der Waals surface area contributed by atoms with E-state index in [2.05, 4.69) is 26.8 Å². The van der Waals surface area contributed by atoms with Crippen LogP contribution in [0.1, 0.15) is 76.1 Å². The predicted molar refractivity (Wildman–Crippen MR) is 121 cm³/mol. The molecule has 4 aliphatic rings. The van der Waals surface area contributed by atoms with E-state index in [1.807, 2.05) is 18.2 Å². The fourth-order valence-corrected chi connectivity index (χ4v) is 8.55. The number of fused-ring (bicyclic) bond motifs is 5. The molecule has 32 heavy (non-hydrogen) atoms. The number of ketones is 1. The van der Waals surface area contributed by atoms with Crippen LogP contribution in [0.15, 0.2) is 30.3 Å². The molecule has 0 saturated heterocycles. The molecular formula is C28H35NO3. The second-order valence-corrected chi connectivity index (χ2v) is 11.7. The van der Waals surface area contributed by atoms with Crippen LogP contribution < -0.4 is 0 Å². The smallest absolute Gasteiger partial charge is 0.338 e. The van der Waals surface area contributed by atoms with Gasteiger partial charge in [0.05, 0.1) is 17.6 Å². The zero-order valence-electron chi connectivity index (χ0n) is 19.5. The molecule has 4 nitrogen and oxygen atoms in total. The number of Topliss-reactive ketones (excluding diaryl/α,β-unsaturated/α-hetero) is 1. The van der Waals surface area contributed by atoms with Crippen molar-refractivity contribution < 1.29 is 14.3 Å². The van der Waals surface area contributed by atoms with Crippen LogP contribution in [0.3, 0.4) is 0 Å². The van der Waals surface area contributed by atoms with Crippen molar-refractivity contribution in [2.45, 2.75) is 71.8 Å². The molecule has 9 unspecified atom stereocenters. The maximum absolute atomic E-state index is 13.7. The van der Waals surface area contributed by atoms with Crippen LogP contribution in [0.25, 0.3) is 0 Å². The van der Waals surface area contributed by atoms with Crippen molar-refractivity contribution in [1.29, 1.82) is 5.26 Å². The first kappa shape index (κ1) is 21.7. The Kier molecular flexibility index (Phi) is 5.23. The molecule has 0 aliphatic heterocycles. The highest BCUT2D eigenvalue weighted by atomic mass is 16.5. The van der Waals surface area contributed by atoms with Crippen molar-refractivity contribution in [3.05, 3.63) is 35.9 Å². The van der Waals surface area contributed by atoms with E-state index in [9.17, 15) is 14.9 Å². The number of nitrogens with zero attached hydrogens (tertiary/aromatic N) is 1. The van der Waals surface area contributed by atoms with E-state index in [1.165, 1.54) is 0 Å². The predicted octanol–water partition coefficient (Wildman–Crippen LogP) is 5.82. The van der Waals surface area contributed by atoms with Crippen LogP contribution in [0.2, 0.25) is 0 Å². The second-order valence-electron chi connectivity index (χ2n) is 11.7. The summed E-state index contributed by atoms with van der Waals surface area (Å²) in [6, 6.07) is 11.8. The quantitative estimate of drug-likeness (QED) is 0.551. The molecule has 1 aromatic carbocycles. The summed E-state index contributed by atoms with van der Waals surface area (Å²) in [5, 5.41) is 9.71. The van der Waals surface area contributed by atoms with Gasteiger partial charge >= 0.3 is 5.97 Å². The van der Waals surface area contributed by atoms with Crippen LogP contribution in [0, 0.1) is 57.7 Å². The standard InChI is InChI=1S/C28H35NO3/c1-17-14-28(3)19(13-24(17)32-26(31)18-7-5-4-6-8-18)9-11-21-22-12-10-20(16-29)27(22,2)15-23(30)25(21)28/h4-8,17,19-22,24-25H,9-15H2,1-3H3. The lowest BCUT2D eigenvalue weighted by Crippen LogP contribution is -2.59. The fraction of sp³-hybridized carbons (Fsp3) is 0.679. The normalized spacial score (nSPS) is 45.2. The van der Waals surface area contributed by atoms with Crippen LogP contribution >= 0.6 is 0 Å². The third kappa shape index (κ3) is 3.15. The first-order valence-corrected chi connectivity index (χ1v) is 12.5. The number of rotatable bonds is 2. The van der Waals surface area contributed by atoms with Crippen LogP contribution in [0.4, 0.5) is 0 Å². The molecule has 170 valence electrons. The highest BCUT2D eigenvalue weighted by molar-refractivity contribution is 5.89. The average Bonchev–Trinajstić information content (AvgIpc) is 3.10. The van der Waals surface area contributed by atoms with Gasteiger partial charge in [0.2, 0.25) is 0 Å². The van der Waals surface area contributed by atoms with Gasteiger partial charge in [0, 0.05) is 12.3 Å². The molecule has 0 spiro atoms. The van der Waals surface area contributed by atoms with Gasteiger partial charge in [0.1, 0.15) is 11.9 Å². The van der Waals surface area contributed by atoms with Crippen molar-refractivity contribution in [3.8, 4) is 6.07 Å². The highest BCUT2D eigenvalue weighted by Gasteiger charge is 2.64. The first-order chi connectivity index (χ1) is 15.3. The average molecular weight is 434 g/mol. The Bertz CT molecular complexity index is 951. The van der Waals surface area contributed by atoms with Gasteiger partial charge in [-0.05, 0) is 85.2 Å². The maximum Gasteiger partial charge on any atom is 0.338 e. The largest absolute Gasteiger partial charge is 0.458 e. The lowest BCUT2D eigenvalue weighted by Gasteiger charge is -2.60. The molecule has 9 atom stereocenters. The zero-order chi connectivity index (χ0) is 22.7. The van der Waals surface area contributed by atoms with Gasteiger partial charge in [-0.1, -0.05) is 39.0 Å². The summed E-state index contributed by atoms with van der Waals surface area (Å²) in [4.78, 5) is 26.3. The molecule has 5 rings (SSSR count). The van der Waals surface area contributed by atoms with E-state index in [0.29, 0.717) is 35.5 Å². The van der Waals surface area contributed by atoms with Gasteiger partial charge in [-0.25, -0.2) is 4.79 Å². The van der Waals surface area contributed by atoms with E-state index in [1.54, 1.807) is 12.1 Å². The number of ether oxygens (including phenoxy) is 1. The summed E-state index contributed by atoms with van der Waals surface area (Å²) in [5.41, 5.74) is 0.442. The van der Waals surface area contributed by atoms with Gasteiger partial charge in [0.15, 0.2) is 0 Å². The fourth-order valence-electron chi connectivity index (χ4n) is 8.55. The molecule has 0 aromatic heterocycles. The summed E-state index contributed by atoms with van der Waals surface area (Å²) in [6.45, 7) is 6.74.